The zero-order chi connectivity index (χ0) is 79.2. The maximum absolute atomic E-state index is 13.2. The lowest BCUT2D eigenvalue weighted by Crippen LogP contribution is -2.30. The number of carbonyl (C=O) groups excluding carboxylic acids is 4. The van der Waals surface area contributed by atoms with E-state index in [1.165, 1.54) is 250 Å². The topological polar surface area (TPSA) is 237 Å². The highest BCUT2D eigenvalue weighted by atomic mass is 31.2. The van der Waals surface area contributed by atoms with Gasteiger partial charge in [-0.15, -0.1) is 0 Å². The number of ether oxygens (including phenoxy) is 4. The second-order valence-corrected chi connectivity index (χ2v) is 34.7. The lowest BCUT2D eigenvalue weighted by atomic mass is 9.99. The first kappa shape index (κ1) is 106. The van der Waals surface area contributed by atoms with Crippen LogP contribution in [0.4, 0.5) is 0 Å². The fourth-order valence-electron chi connectivity index (χ4n) is 13.3. The molecule has 108 heavy (non-hydrogen) atoms. The fraction of sp³-hybridized carbons (Fsp3) is 0.910. The van der Waals surface area contributed by atoms with Gasteiger partial charge in [-0.05, 0) is 63.2 Å². The van der Waals surface area contributed by atoms with E-state index in [4.69, 9.17) is 37.0 Å². The molecule has 638 valence electrons. The Morgan fingerprint density at radius 2 is 0.519 bits per heavy atom. The minimum Gasteiger partial charge on any atom is -0.462 e. The van der Waals surface area contributed by atoms with Gasteiger partial charge in [-0.3, -0.25) is 37.3 Å². The number of phosphoric ester groups is 2. The van der Waals surface area contributed by atoms with E-state index in [-0.39, 0.29) is 25.7 Å². The van der Waals surface area contributed by atoms with Crippen LogP contribution in [0.1, 0.15) is 452 Å². The largest absolute Gasteiger partial charge is 0.472 e. The van der Waals surface area contributed by atoms with Crippen LogP contribution >= 0.6 is 15.6 Å². The summed E-state index contributed by atoms with van der Waals surface area (Å²) in [7, 11) is -9.94. The predicted molar refractivity (Wildman–Crippen MR) is 446 cm³/mol. The number of carbonyl (C=O) groups is 4. The number of aliphatic hydroxyl groups excluding tert-OH is 1. The van der Waals surface area contributed by atoms with E-state index in [1.807, 2.05) is 0 Å². The Morgan fingerprint density at radius 1 is 0.296 bits per heavy atom. The quantitative estimate of drug-likeness (QED) is 0.0169. The third-order valence-electron chi connectivity index (χ3n) is 21.1. The number of hydrogen-bond donors (Lipinski definition) is 3. The van der Waals surface area contributed by atoms with E-state index in [9.17, 15) is 43.2 Å². The van der Waals surface area contributed by atoms with Crippen molar-refractivity contribution in [2.75, 3.05) is 39.6 Å². The second-order valence-electron chi connectivity index (χ2n) is 31.8. The molecule has 0 aromatic rings. The standard InChI is InChI=1S/C89H170O17P2/c1-7-11-13-15-17-19-21-23-25-26-27-28-29-33-37-40-44-48-52-59-65-71-86(91)99-77-84(105-88(93)73-68-62-54-50-46-42-38-34-31-30-32-36-39-43-47-51-57-63-69-81(5)9-3)79-103-107(95,96)101-75-83(90)76-102-108(97,98)104-80-85(78-100-87(92)72-66-60-56-55-58-64-70-82(6)10-4)106-89(94)74-67-61-53-49-45-41-35-24-22-20-18-16-14-12-8-2/h20,22,24,35,81-85,90H,7-19,21,23,25-34,36-80H2,1-6H3,(H,95,96)(H,97,98)/b22-20-,35-24-/t81?,82?,83-,84-,85-/m1/s1. The molecule has 0 spiro atoms. The van der Waals surface area contributed by atoms with Crippen molar-refractivity contribution in [3.8, 4) is 0 Å². The van der Waals surface area contributed by atoms with E-state index in [0.29, 0.717) is 25.7 Å². The molecule has 0 aliphatic carbocycles. The van der Waals surface area contributed by atoms with Crippen LogP contribution in [0.15, 0.2) is 24.3 Å². The molecule has 0 saturated heterocycles. The molecule has 0 radical (unpaired) electrons. The summed E-state index contributed by atoms with van der Waals surface area (Å²) >= 11 is 0. The maximum atomic E-state index is 13.2. The van der Waals surface area contributed by atoms with Gasteiger partial charge in [0, 0.05) is 25.7 Å². The summed E-state index contributed by atoms with van der Waals surface area (Å²) < 4.78 is 68.9. The van der Waals surface area contributed by atoms with Gasteiger partial charge in [0.15, 0.2) is 12.2 Å². The van der Waals surface area contributed by atoms with Crippen LogP contribution in [0.5, 0.6) is 0 Å². The normalized spacial score (nSPS) is 14.4. The van der Waals surface area contributed by atoms with Crippen LogP contribution in [0.25, 0.3) is 0 Å². The lowest BCUT2D eigenvalue weighted by Gasteiger charge is -2.21. The van der Waals surface area contributed by atoms with E-state index < -0.39 is 97.5 Å². The molecule has 0 aromatic heterocycles. The SMILES string of the molecule is CCCCCC/C=C\C=C/CCCCCCCC(=O)O[C@H](COC(=O)CCCCCCCCC(C)CC)COP(=O)(O)OC[C@H](O)COP(=O)(O)OC[C@@H](COC(=O)CCCCCCCCCCCCCCCCCCCCCCC)OC(=O)CCCCCCCCCCCCCCCCCCCCC(C)CC. The van der Waals surface area contributed by atoms with Gasteiger partial charge in [0.1, 0.15) is 19.3 Å². The van der Waals surface area contributed by atoms with Crippen LogP contribution in [0.2, 0.25) is 0 Å². The molecule has 3 N–H and O–H groups in total. The van der Waals surface area contributed by atoms with Crippen molar-refractivity contribution in [2.24, 2.45) is 11.8 Å². The number of unbranched alkanes of at least 4 members (excludes halogenated alkanes) is 51. The van der Waals surface area contributed by atoms with Crippen molar-refractivity contribution in [3.05, 3.63) is 24.3 Å². The summed E-state index contributed by atoms with van der Waals surface area (Å²) in [5, 5.41) is 10.7. The molecule has 0 fully saturated rings. The van der Waals surface area contributed by atoms with E-state index in [2.05, 4.69) is 65.8 Å². The maximum Gasteiger partial charge on any atom is 0.472 e. The number of phosphoric acid groups is 2. The van der Waals surface area contributed by atoms with Crippen LogP contribution in [-0.4, -0.2) is 96.7 Å². The molecular formula is C89H170O17P2. The van der Waals surface area contributed by atoms with E-state index in [1.54, 1.807) is 0 Å². The first-order chi connectivity index (χ1) is 52.4. The number of esters is 4. The average molecular weight is 1570 g/mol. The molecule has 0 rings (SSSR count). The number of aliphatic hydroxyl groups is 1. The van der Waals surface area contributed by atoms with Crippen molar-refractivity contribution >= 4 is 39.5 Å². The molecule has 0 amide bonds. The summed E-state index contributed by atoms with van der Waals surface area (Å²) in [6.45, 7) is 9.63. The molecule has 0 aliphatic rings. The highest BCUT2D eigenvalue weighted by Crippen LogP contribution is 2.45. The lowest BCUT2D eigenvalue weighted by molar-refractivity contribution is -0.161. The third kappa shape index (κ3) is 78.8. The Bertz CT molecular complexity index is 2160. The van der Waals surface area contributed by atoms with Crippen LogP contribution in [0, 0.1) is 11.8 Å². The molecule has 19 heteroatoms. The highest BCUT2D eigenvalue weighted by Gasteiger charge is 2.30. The number of rotatable bonds is 86. The molecule has 0 heterocycles. The number of allylic oxidation sites excluding steroid dienone is 4. The van der Waals surface area contributed by atoms with Crippen molar-refractivity contribution in [1.82, 2.24) is 0 Å². The summed E-state index contributed by atoms with van der Waals surface area (Å²) in [5.74, 6) is -0.535. The van der Waals surface area contributed by atoms with Gasteiger partial charge in [-0.25, -0.2) is 9.13 Å². The Kier molecular flexibility index (Phi) is 77.9. The number of hydrogen-bond acceptors (Lipinski definition) is 15. The van der Waals surface area contributed by atoms with Crippen LogP contribution < -0.4 is 0 Å². The molecule has 17 nitrogen and oxygen atoms in total. The zero-order valence-electron chi connectivity index (χ0n) is 70.6. The van der Waals surface area contributed by atoms with Gasteiger partial charge < -0.3 is 33.8 Å². The first-order valence-corrected chi connectivity index (χ1v) is 48.4. The average Bonchev–Trinajstić information content (AvgIpc) is 0.900. The van der Waals surface area contributed by atoms with Gasteiger partial charge in [-0.1, -0.05) is 400 Å². The molecule has 0 saturated carbocycles. The van der Waals surface area contributed by atoms with Crippen LogP contribution in [-0.2, 0) is 65.4 Å². The molecule has 4 unspecified atom stereocenters. The minimum atomic E-state index is -4.97. The van der Waals surface area contributed by atoms with Crippen LogP contribution in [0.3, 0.4) is 0 Å². The second kappa shape index (κ2) is 79.8. The van der Waals surface area contributed by atoms with E-state index in [0.717, 1.165) is 121 Å². The van der Waals surface area contributed by atoms with Gasteiger partial charge in [0.2, 0.25) is 0 Å². The first-order valence-electron chi connectivity index (χ1n) is 45.4. The van der Waals surface area contributed by atoms with E-state index >= 15 is 0 Å². The molecule has 0 aromatic carbocycles. The summed E-state index contributed by atoms with van der Waals surface area (Å²) in [5.41, 5.74) is 0. The fourth-order valence-corrected chi connectivity index (χ4v) is 14.9. The molecule has 0 bridgehead atoms. The predicted octanol–water partition coefficient (Wildman–Crippen LogP) is 27.0. The van der Waals surface area contributed by atoms with Crippen molar-refractivity contribution in [3.63, 3.8) is 0 Å². The van der Waals surface area contributed by atoms with Crippen molar-refractivity contribution in [2.45, 2.75) is 471 Å². The third-order valence-corrected chi connectivity index (χ3v) is 23.0. The zero-order valence-corrected chi connectivity index (χ0v) is 72.4. The Labute approximate surface area is 663 Å². The molecule has 7 atom stereocenters. The van der Waals surface area contributed by atoms with Gasteiger partial charge in [0.25, 0.3) is 0 Å². The highest BCUT2D eigenvalue weighted by molar-refractivity contribution is 7.47. The van der Waals surface area contributed by atoms with Gasteiger partial charge in [0.05, 0.1) is 26.4 Å². The monoisotopic (exact) mass is 1570 g/mol. The smallest absolute Gasteiger partial charge is 0.462 e. The van der Waals surface area contributed by atoms with Crippen molar-refractivity contribution in [1.29, 1.82) is 0 Å². The van der Waals surface area contributed by atoms with Gasteiger partial charge in [-0.2, -0.15) is 0 Å². The van der Waals surface area contributed by atoms with Crippen molar-refractivity contribution < 1.29 is 80.2 Å². The summed E-state index contributed by atoms with van der Waals surface area (Å²) in [4.78, 5) is 73.3. The minimum absolute atomic E-state index is 0.0845. The Balaban J connectivity index is 5.24. The summed E-state index contributed by atoms with van der Waals surface area (Å²) in [6, 6.07) is 0. The Morgan fingerprint density at radius 3 is 0.787 bits per heavy atom. The molecule has 0 aliphatic heterocycles. The van der Waals surface area contributed by atoms with Gasteiger partial charge >= 0.3 is 39.5 Å². The molecular weight excluding hydrogens is 1400 g/mol. The summed E-state index contributed by atoms with van der Waals surface area (Å²) in [6.07, 6.45) is 76.0. The Hall–Kier alpha value is -2.46.